The van der Waals surface area contributed by atoms with Gasteiger partial charge in [-0.25, -0.2) is 4.98 Å². The minimum Gasteiger partial charge on any atom is -0.495 e. The molecule has 1 saturated heterocycles. The minimum atomic E-state index is -0.257. The van der Waals surface area contributed by atoms with E-state index in [1.54, 1.807) is 37.1 Å². The molecular weight excluding hydrogens is 581 g/mol. The van der Waals surface area contributed by atoms with Gasteiger partial charge in [-0.3, -0.25) is 14.5 Å². The van der Waals surface area contributed by atoms with E-state index < -0.39 is 0 Å². The number of carbonyl (C=O) groups excluding carboxylic acids is 1. The number of benzene rings is 1. The molecule has 0 atom stereocenters. The van der Waals surface area contributed by atoms with Crippen LogP contribution < -0.4 is 20.3 Å². The Morgan fingerprint density at radius 1 is 1.12 bits per heavy atom. The number of likely N-dealkylation sites (tertiary alicyclic amines) is 1. The summed E-state index contributed by atoms with van der Waals surface area (Å²) in [4.78, 5) is 35.0. The summed E-state index contributed by atoms with van der Waals surface area (Å²) in [7, 11) is 6.44. The molecule has 42 heavy (non-hydrogen) atoms. The molecule has 1 N–H and O–H groups in total. The lowest BCUT2D eigenvalue weighted by molar-refractivity contribution is -0.127. The Hall–Kier alpha value is -3.31. The summed E-state index contributed by atoms with van der Waals surface area (Å²) in [6.45, 7) is 7.13. The number of methoxy groups -OCH3 is 3. The number of fused-ring (bicyclic) bond motifs is 1. The highest BCUT2D eigenvalue weighted by Gasteiger charge is 2.27. The van der Waals surface area contributed by atoms with E-state index in [0.29, 0.717) is 67.8 Å². The van der Waals surface area contributed by atoms with Gasteiger partial charge < -0.3 is 29.0 Å². The first-order chi connectivity index (χ1) is 20.3. The molecule has 2 aromatic heterocycles. The van der Waals surface area contributed by atoms with Gasteiger partial charge in [0.05, 0.1) is 42.0 Å². The number of rotatable bonds is 12. The van der Waals surface area contributed by atoms with Crippen molar-refractivity contribution in [3.05, 3.63) is 57.4 Å². The minimum absolute atomic E-state index is 0.0489. The van der Waals surface area contributed by atoms with Gasteiger partial charge in [0.2, 0.25) is 5.91 Å². The topological polar surface area (TPSA) is 98.2 Å². The summed E-state index contributed by atoms with van der Waals surface area (Å²) in [5.74, 6) is 1.27. The van der Waals surface area contributed by atoms with Gasteiger partial charge in [-0.2, -0.15) is 0 Å². The van der Waals surface area contributed by atoms with E-state index in [-0.39, 0.29) is 27.6 Å². The Labute approximate surface area is 255 Å². The molecule has 0 radical (unpaired) electrons. The number of piperidine rings is 1. The lowest BCUT2D eigenvalue weighted by Crippen LogP contribution is -2.48. The Morgan fingerprint density at radius 3 is 2.36 bits per heavy atom. The van der Waals surface area contributed by atoms with Crippen LogP contribution in [0.1, 0.15) is 12.8 Å². The summed E-state index contributed by atoms with van der Waals surface area (Å²) in [5.41, 5.74) is 1.12. The molecule has 1 amide bonds. The van der Waals surface area contributed by atoms with Crippen LogP contribution in [-0.4, -0.2) is 92.5 Å². The van der Waals surface area contributed by atoms with E-state index in [1.807, 2.05) is 11.0 Å². The largest absolute Gasteiger partial charge is 0.495 e. The Morgan fingerprint density at radius 2 is 1.79 bits per heavy atom. The zero-order chi connectivity index (χ0) is 30.4. The van der Waals surface area contributed by atoms with E-state index in [1.165, 1.54) is 20.3 Å². The highest BCUT2D eigenvalue weighted by Crippen LogP contribution is 2.45. The maximum atomic E-state index is 14.3. The van der Waals surface area contributed by atoms with Crippen LogP contribution in [0.15, 0.2) is 41.8 Å². The molecular formula is C30H37Cl2N5O5. The second-order valence-electron chi connectivity index (χ2n) is 9.97. The first-order valence-corrected chi connectivity index (χ1v) is 14.5. The number of hydrogen-bond donors (Lipinski definition) is 1. The maximum absolute atomic E-state index is 14.3. The van der Waals surface area contributed by atoms with Crippen LogP contribution in [0.3, 0.4) is 0 Å². The summed E-state index contributed by atoms with van der Waals surface area (Å²) < 4.78 is 18.1. The summed E-state index contributed by atoms with van der Waals surface area (Å²) in [6, 6.07) is 5.44. The Bertz CT molecular complexity index is 1480. The van der Waals surface area contributed by atoms with Crippen molar-refractivity contribution in [2.75, 3.05) is 66.5 Å². The molecule has 0 aliphatic carbocycles. The van der Waals surface area contributed by atoms with Crippen molar-refractivity contribution in [1.29, 1.82) is 0 Å². The molecule has 226 valence electrons. The molecule has 1 aliphatic rings. The predicted molar refractivity (Wildman–Crippen MR) is 167 cm³/mol. The van der Waals surface area contributed by atoms with Gasteiger partial charge in [0.25, 0.3) is 5.56 Å². The number of aromatic nitrogens is 2. The monoisotopic (exact) mass is 617 g/mol. The normalized spacial score (nSPS) is 13.9. The van der Waals surface area contributed by atoms with Crippen molar-refractivity contribution >= 4 is 45.8 Å². The summed E-state index contributed by atoms with van der Waals surface area (Å²) in [6.07, 6.45) is 4.72. The molecule has 0 saturated carbocycles. The van der Waals surface area contributed by atoms with Gasteiger partial charge >= 0.3 is 0 Å². The van der Waals surface area contributed by atoms with Crippen LogP contribution in [-0.2, 0) is 16.1 Å². The fraction of sp³-hybridized carbons (Fsp3) is 0.433. The zero-order valence-electron chi connectivity index (χ0n) is 24.4. The second kappa shape index (κ2) is 14.2. The number of hydrogen-bond acceptors (Lipinski definition) is 8. The molecule has 3 aromatic rings. The second-order valence-corrected chi connectivity index (χ2v) is 10.7. The first kappa shape index (κ1) is 31.6. The summed E-state index contributed by atoms with van der Waals surface area (Å²) >= 11 is 13.5. The molecule has 4 rings (SSSR count). The average molecular weight is 619 g/mol. The lowest BCUT2D eigenvalue weighted by atomic mass is 10.0. The molecule has 3 heterocycles. The first-order valence-electron chi connectivity index (χ1n) is 13.7. The Balaban J connectivity index is 1.77. The third-order valence-electron chi connectivity index (χ3n) is 7.74. The van der Waals surface area contributed by atoms with Crippen LogP contribution in [0.2, 0.25) is 10.0 Å². The number of ether oxygens (including phenoxy) is 3. The fourth-order valence-electron chi connectivity index (χ4n) is 5.43. The number of amides is 1. The standard InChI is InChI=1S/C30H37Cl2N5O5/c1-6-26(38)36-9-7-20(8-10-36)35(13-14-40-3)11-12-37-22-16-25(33-2)34-18-19(22)15-21(30(37)39)27-28(31)23(41-4)17-24(42-5)29(27)32/h6,15-18,20H,1,7-14H2,2-5H3,(H,33,34). The molecule has 0 spiro atoms. The number of nitrogens with one attached hydrogen (secondary N) is 1. The van der Waals surface area contributed by atoms with Gasteiger partial charge in [0, 0.05) is 82.2 Å². The fourth-order valence-corrected chi connectivity index (χ4v) is 6.13. The van der Waals surface area contributed by atoms with E-state index in [9.17, 15) is 9.59 Å². The van der Waals surface area contributed by atoms with Crippen LogP contribution >= 0.6 is 23.2 Å². The van der Waals surface area contributed by atoms with Crippen molar-refractivity contribution < 1.29 is 19.0 Å². The quantitative estimate of drug-likeness (QED) is 0.296. The van der Waals surface area contributed by atoms with Gasteiger partial charge in [0.15, 0.2) is 0 Å². The van der Waals surface area contributed by atoms with E-state index >= 15 is 0 Å². The number of carbonyl (C=O) groups is 1. The molecule has 1 aliphatic heterocycles. The maximum Gasteiger partial charge on any atom is 0.259 e. The van der Waals surface area contributed by atoms with Crippen molar-refractivity contribution in [2.45, 2.75) is 25.4 Å². The SMILES string of the molecule is C=CC(=O)N1CCC(N(CCOC)CCn2c(=O)c(-c3c(Cl)c(OC)cc(OC)c3Cl)cc3cnc(NC)cc32)CC1. The van der Waals surface area contributed by atoms with Gasteiger partial charge in [-0.05, 0) is 25.0 Å². The van der Waals surface area contributed by atoms with E-state index in [2.05, 4.69) is 21.8 Å². The molecule has 0 bridgehead atoms. The van der Waals surface area contributed by atoms with Crippen LogP contribution in [0.25, 0.3) is 22.0 Å². The third-order valence-corrected chi connectivity index (χ3v) is 8.49. The lowest BCUT2D eigenvalue weighted by Gasteiger charge is -2.38. The Kier molecular flexibility index (Phi) is 10.7. The number of nitrogens with zero attached hydrogens (tertiary/aromatic N) is 4. The third kappa shape index (κ3) is 6.52. The van der Waals surface area contributed by atoms with Gasteiger partial charge in [-0.1, -0.05) is 29.8 Å². The number of halogens is 2. The van der Waals surface area contributed by atoms with Crippen molar-refractivity contribution in [1.82, 2.24) is 19.4 Å². The zero-order valence-corrected chi connectivity index (χ0v) is 25.9. The highest BCUT2D eigenvalue weighted by molar-refractivity contribution is 6.41. The molecule has 10 nitrogen and oxygen atoms in total. The van der Waals surface area contributed by atoms with Gasteiger partial charge in [0.1, 0.15) is 17.3 Å². The average Bonchev–Trinajstić information content (AvgIpc) is 3.02. The van der Waals surface area contributed by atoms with E-state index in [4.69, 9.17) is 37.4 Å². The smallest absolute Gasteiger partial charge is 0.259 e. The molecule has 12 heteroatoms. The van der Waals surface area contributed by atoms with Crippen molar-refractivity contribution in [2.24, 2.45) is 0 Å². The highest BCUT2D eigenvalue weighted by atomic mass is 35.5. The number of pyridine rings is 2. The van der Waals surface area contributed by atoms with Gasteiger partial charge in [-0.15, -0.1) is 0 Å². The molecule has 0 unspecified atom stereocenters. The molecule has 1 fully saturated rings. The van der Waals surface area contributed by atoms with E-state index in [0.717, 1.165) is 23.7 Å². The van der Waals surface area contributed by atoms with Crippen LogP contribution in [0.4, 0.5) is 5.82 Å². The molecule has 1 aromatic carbocycles. The van der Waals surface area contributed by atoms with Crippen LogP contribution in [0.5, 0.6) is 11.5 Å². The van der Waals surface area contributed by atoms with Crippen LogP contribution in [0, 0.1) is 0 Å². The van der Waals surface area contributed by atoms with Crippen molar-refractivity contribution in [3.8, 4) is 22.6 Å². The predicted octanol–water partition coefficient (Wildman–Crippen LogP) is 4.55. The number of anilines is 1. The summed E-state index contributed by atoms with van der Waals surface area (Å²) in [5, 5.41) is 4.24. The van der Waals surface area contributed by atoms with Crippen molar-refractivity contribution in [3.63, 3.8) is 0 Å².